The number of nitrogens with one attached hydrogen (secondary N) is 1. The number of nitrogens with zero attached hydrogens (tertiary/aromatic N) is 1. The summed E-state index contributed by atoms with van der Waals surface area (Å²) in [5, 5.41) is 20.7. The number of benzene rings is 1. The molecule has 1 atom stereocenters. The van der Waals surface area contributed by atoms with E-state index in [-0.39, 0.29) is 29.8 Å². The molecule has 0 heterocycles. The second-order valence-electron chi connectivity index (χ2n) is 4.20. The molecule has 0 saturated carbocycles. The van der Waals surface area contributed by atoms with Crippen molar-refractivity contribution in [1.29, 1.82) is 5.26 Å². The molecule has 0 aliphatic rings. The lowest BCUT2D eigenvalue weighted by Crippen LogP contribution is -2.35. The van der Waals surface area contributed by atoms with Gasteiger partial charge in [0.1, 0.15) is 0 Å². The van der Waals surface area contributed by atoms with Crippen molar-refractivity contribution in [3.05, 3.63) is 29.8 Å². The lowest BCUT2D eigenvalue weighted by Gasteiger charge is -2.13. The number of nitriles is 1. The lowest BCUT2D eigenvalue weighted by atomic mass is 10.2. The highest BCUT2D eigenvalue weighted by atomic mass is 32.2. The maximum Gasteiger partial charge on any atom is 0.179 e. The molecule has 0 saturated heterocycles. The summed E-state index contributed by atoms with van der Waals surface area (Å²) in [7, 11) is -3.40. The summed E-state index contributed by atoms with van der Waals surface area (Å²) in [6, 6.07) is 7.82. The third-order valence-electron chi connectivity index (χ3n) is 2.84. The molecule has 0 aliphatic heterocycles. The van der Waals surface area contributed by atoms with Crippen molar-refractivity contribution in [2.24, 2.45) is 0 Å². The van der Waals surface area contributed by atoms with E-state index in [1.165, 1.54) is 12.1 Å². The number of hydrogen-bond donors (Lipinski definition) is 2. The lowest BCUT2D eigenvalue weighted by molar-refractivity contribution is 0.241. The minimum absolute atomic E-state index is 0.0134. The van der Waals surface area contributed by atoms with Gasteiger partial charge in [-0.3, -0.25) is 0 Å². The van der Waals surface area contributed by atoms with E-state index in [0.717, 1.165) is 6.42 Å². The Morgan fingerprint density at radius 2 is 2.21 bits per heavy atom. The Morgan fingerprint density at radius 3 is 2.79 bits per heavy atom. The summed E-state index contributed by atoms with van der Waals surface area (Å²) < 4.78 is 24.1. The van der Waals surface area contributed by atoms with Crippen molar-refractivity contribution in [3.8, 4) is 6.07 Å². The summed E-state index contributed by atoms with van der Waals surface area (Å²) in [5.74, 6) is -0.0572. The van der Waals surface area contributed by atoms with E-state index in [2.05, 4.69) is 5.32 Å². The van der Waals surface area contributed by atoms with Gasteiger partial charge in [-0.1, -0.05) is 13.0 Å². The van der Waals surface area contributed by atoms with Gasteiger partial charge in [0, 0.05) is 12.6 Å². The summed E-state index contributed by atoms with van der Waals surface area (Å²) >= 11 is 0. The van der Waals surface area contributed by atoms with Crippen LogP contribution in [0, 0.1) is 11.3 Å². The molecule has 104 valence electrons. The van der Waals surface area contributed by atoms with Crippen LogP contribution in [0.1, 0.15) is 18.9 Å². The van der Waals surface area contributed by atoms with E-state index >= 15 is 0 Å². The van der Waals surface area contributed by atoms with E-state index in [1.54, 1.807) is 12.1 Å². The van der Waals surface area contributed by atoms with Gasteiger partial charge in [0.25, 0.3) is 0 Å². The van der Waals surface area contributed by atoms with Gasteiger partial charge in [0.05, 0.1) is 28.9 Å². The molecule has 5 nitrogen and oxygen atoms in total. The maximum absolute atomic E-state index is 12.0. The van der Waals surface area contributed by atoms with Crippen LogP contribution in [0.15, 0.2) is 29.2 Å². The fraction of sp³-hybridized carbons (Fsp3) is 0.462. The van der Waals surface area contributed by atoms with Crippen LogP contribution in [0.4, 0.5) is 0 Å². The molecule has 0 spiro atoms. The van der Waals surface area contributed by atoms with Crippen LogP contribution in [0.2, 0.25) is 0 Å². The van der Waals surface area contributed by atoms with Crippen LogP contribution in [-0.4, -0.2) is 38.5 Å². The second kappa shape index (κ2) is 7.24. The number of sulfone groups is 1. The van der Waals surface area contributed by atoms with Gasteiger partial charge in [0.15, 0.2) is 9.84 Å². The number of hydrogen-bond acceptors (Lipinski definition) is 5. The molecule has 0 aromatic heterocycles. The SMILES string of the molecule is CCC(CO)NCCS(=O)(=O)c1cccc(C#N)c1. The first-order valence-electron chi connectivity index (χ1n) is 6.10. The molecular formula is C13H18N2O3S. The largest absolute Gasteiger partial charge is 0.395 e. The predicted octanol–water partition coefficient (Wildman–Crippen LogP) is 0.692. The fourth-order valence-corrected chi connectivity index (χ4v) is 2.83. The molecule has 1 aromatic rings. The molecule has 0 bridgehead atoms. The zero-order valence-electron chi connectivity index (χ0n) is 10.8. The number of aliphatic hydroxyl groups excluding tert-OH is 1. The highest BCUT2D eigenvalue weighted by Crippen LogP contribution is 2.12. The molecule has 19 heavy (non-hydrogen) atoms. The normalized spacial score (nSPS) is 12.9. The van der Waals surface area contributed by atoms with E-state index in [4.69, 9.17) is 10.4 Å². The Bertz CT molecular complexity index is 545. The molecule has 2 N–H and O–H groups in total. The summed E-state index contributed by atoms with van der Waals surface area (Å²) in [6.07, 6.45) is 0.737. The molecule has 0 radical (unpaired) electrons. The Kier molecular flexibility index (Phi) is 5.96. The van der Waals surface area contributed by atoms with Crippen LogP contribution in [0.5, 0.6) is 0 Å². The van der Waals surface area contributed by atoms with Crippen LogP contribution in [-0.2, 0) is 9.84 Å². The van der Waals surface area contributed by atoms with Gasteiger partial charge < -0.3 is 10.4 Å². The molecule has 0 fully saturated rings. The van der Waals surface area contributed by atoms with Crippen LogP contribution >= 0.6 is 0 Å². The average Bonchev–Trinajstić information content (AvgIpc) is 2.43. The van der Waals surface area contributed by atoms with Crippen molar-refractivity contribution in [2.75, 3.05) is 18.9 Å². The first-order valence-corrected chi connectivity index (χ1v) is 7.76. The van der Waals surface area contributed by atoms with E-state index in [1.807, 2.05) is 13.0 Å². The first kappa shape index (κ1) is 15.6. The quantitative estimate of drug-likeness (QED) is 0.768. The predicted molar refractivity (Wildman–Crippen MR) is 72.4 cm³/mol. The highest BCUT2D eigenvalue weighted by Gasteiger charge is 2.15. The van der Waals surface area contributed by atoms with Crippen LogP contribution < -0.4 is 5.32 Å². The standard InChI is InChI=1S/C13H18N2O3S/c1-2-12(10-16)15-6-7-19(17,18)13-5-3-4-11(8-13)9-14/h3-5,8,12,15-16H,2,6-7,10H2,1H3. The van der Waals surface area contributed by atoms with Crippen LogP contribution in [0.25, 0.3) is 0 Å². The van der Waals surface area contributed by atoms with Gasteiger partial charge >= 0.3 is 0 Å². The van der Waals surface area contributed by atoms with Crippen molar-refractivity contribution in [3.63, 3.8) is 0 Å². The third-order valence-corrected chi connectivity index (χ3v) is 4.55. The third kappa shape index (κ3) is 4.63. The average molecular weight is 282 g/mol. The monoisotopic (exact) mass is 282 g/mol. The summed E-state index contributed by atoms with van der Waals surface area (Å²) in [6.45, 7) is 2.18. The van der Waals surface area contributed by atoms with Crippen molar-refractivity contribution < 1.29 is 13.5 Å². The van der Waals surface area contributed by atoms with E-state index in [9.17, 15) is 8.42 Å². The van der Waals surface area contributed by atoms with Crippen LogP contribution in [0.3, 0.4) is 0 Å². The minimum atomic E-state index is -3.40. The molecule has 6 heteroatoms. The molecule has 0 aliphatic carbocycles. The van der Waals surface area contributed by atoms with E-state index < -0.39 is 9.84 Å². The molecular weight excluding hydrogens is 264 g/mol. The zero-order valence-corrected chi connectivity index (χ0v) is 11.7. The Balaban J connectivity index is 2.68. The Hall–Kier alpha value is -1.42. The number of rotatable bonds is 7. The molecule has 1 aromatic carbocycles. The Labute approximate surface area is 113 Å². The molecule has 0 amide bonds. The first-order chi connectivity index (χ1) is 9.03. The molecule has 1 rings (SSSR count). The van der Waals surface area contributed by atoms with Gasteiger partial charge in [-0.05, 0) is 24.6 Å². The van der Waals surface area contributed by atoms with Gasteiger partial charge in [-0.2, -0.15) is 5.26 Å². The molecule has 1 unspecified atom stereocenters. The summed E-state index contributed by atoms with van der Waals surface area (Å²) in [5.41, 5.74) is 0.329. The highest BCUT2D eigenvalue weighted by molar-refractivity contribution is 7.91. The van der Waals surface area contributed by atoms with Gasteiger partial charge in [-0.15, -0.1) is 0 Å². The zero-order chi connectivity index (χ0) is 14.3. The number of aliphatic hydroxyl groups is 1. The smallest absolute Gasteiger partial charge is 0.179 e. The maximum atomic E-state index is 12.0. The second-order valence-corrected chi connectivity index (χ2v) is 6.31. The minimum Gasteiger partial charge on any atom is -0.395 e. The van der Waals surface area contributed by atoms with Crippen molar-refractivity contribution >= 4 is 9.84 Å². The van der Waals surface area contributed by atoms with E-state index in [0.29, 0.717) is 5.56 Å². The van der Waals surface area contributed by atoms with Crippen molar-refractivity contribution in [1.82, 2.24) is 5.32 Å². The van der Waals surface area contributed by atoms with Crippen molar-refractivity contribution in [2.45, 2.75) is 24.3 Å². The van der Waals surface area contributed by atoms with Gasteiger partial charge in [-0.25, -0.2) is 8.42 Å². The Morgan fingerprint density at radius 1 is 1.47 bits per heavy atom. The topological polar surface area (TPSA) is 90.2 Å². The fourth-order valence-electron chi connectivity index (χ4n) is 1.61. The van der Waals surface area contributed by atoms with Gasteiger partial charge in [0.2, 0.25) is 0 Å². The summed E-state index contributed by atoms with van der Waals surface area (Å²) in [4.78, 5) is 0.158.